The highest BCUT2D eigenvalue weighted by Gasteiger charge is 2.21. The van der Waals surface area contributed by atoms with Crippen LogP contribution in [0, 0.1) is 5.82 Å². The molecule has 0 radical (unpaired) electrons. The Morgan fingerprint density at radius 3 is 2.63 bits per heavy atom. The summed E-state index contributed by atoms with van der Waals surface area (Å²) in [6.45, 7) is 5.30. The summed E-state index contributed by atoms with van der Waals surface area (Å²) >= 11 is 0. The van der Waals surface area contributed by atoms with Crippen LogP contribution >= 0.6 is 0 Å². The van der Waals surface area contributed by atoms with Crippen LogP contribution in [0.25, 0.3) is 11.1 Å². The first kappa shape index (κ1) is 19.9. The zero-order valence-electron chi connectivity index (χ0n) is 16.6. The summed E-state index contributed by atoms with van der Waals surface area (Å²) in [5.41, 5.74) is 3.33. The largest absolute Gasteiger partial charge is 0.493 e. The van der Waals surface area contributed by atoms with E-state index in [0.29, 0.717) is 12.1 Å². The predicted octanol–water partition coefficient (Wildman–Crippen LogP) is 6.65. The molecule has 0 saturated heterocycles. The van der Waals surface area contributed by atoms with E-state index >= 15 is 0 Å². The highest BCUT2D eigenvalue weighted by molar-refractivity contribution is 5.66. The van der Waals surface area contributed by atoms with Gasteiger partial charge in [0.15, 0.2) is 0 Å². The third-order valence-electron chi connectivity index (χ3n) is 5.44. The van der Waals surface area contributed by atoms with Crippen molar-refractivity contribution in [2.24, 2.45) is 0 Å². The smallest absolute Gasteiger partial charge is 0.124 e. The van der Waals surface area contributed by atoms with Crippen LogP contribution in [0.4, 0.5) is 4.39 Å². The molecule has 1 heterocycles. The van der Waals surface area contributed by atoms with Crippen LogP contribution in [-0.2, 0) is 0 Å². The first-order valence-electron chi connectivity index (χ1n) is 10.5. The number of benzene rings is 2. The summed E-state index contributed by atoms with van der Waals surface area (Å²) in [5, 5.41) is 3.83. The number of halogens is 1. The Balaban J connectivity index is 1.71. The standard InChI is InChI=1S/C24H32FNO/c1-3-4-5-6-8-18(2)26-23-9-7-16-27-24-17-20(12-15-22(23)24)19-10-13-21(25)14-11-19/h10-15,17-18,23,26H,3-9,16H2,1-2H3. The number of rotatable bonds is 8. The molecular weight excluding hydrogens is 337 g/mol. The average Bonchev–Trinajstić information content (AvgIpc) is 2.87. The molecule has 0 amide bonds. The third kappa shape index (κ3) is 5.55. The molecule has 27 heavy (non-hydrogen) atoms. The van der Waals surface area contributed by atoms with Gasteiger partial charge in [-0.15, -0.1) is 0 Å². The number of fused-ring (bicyclic) bond motifs is 1. The molecule has 3 heteroatoms. The van der Waals surface area contributed by atoms with Crippen LogP contribution in [0.2, 0.25) is 0 Å². The minimum Gasteiger partial charge on any atom is -0.493 e. The Morgan fingerprint density at radius 1 is 1.07 bits per heavy atom. The topological polar surface area (TPSA) is 21.3 Å². The normalized spacial score (nSPS) is 17.7. The van der Waals surface area contributed by atoms with E-state index in [9.17, 15) is 4.39 Å². The fourth-order valence-corrected chi connectivity index (χ4v) is 3.87. The SMILES string of the molecule is CCCCCCC(C)NC1CCCOc2cc(-c3ccc(F)cc3)ccc21. The van der Waals surface area contributed by atoms with Gasteiger partial charge in [0.1, 0.15) is 11.6 Å². The molecule has 2 aromatic carbocycles. The average molecular weight is 370 g/mol. The lowest BCUT2D eigenvalue weighted by atomic mass is 9.96. The van der Waals surface area contributed by atoms with E-state index < -0.39 is 0 Å². The maximum absolute atomic E-state index is 13.2. The predicted molar refractivity (Wildman–Crippen MR) is 111 cm³/mol. The van der Waals surface area contributed by atoms with Gasteiger partial charge in [-0.1, -0.05) is 56.9 Å². The van der Waals surface area contributed by atoms with Crippen molar-refractivity contribution in [2.45, 2.75) is 70.9 Å². The van der Waals surface area contributed by atoms with E-state index in [4.69, 9.17) is 4.74 Å². The van der Waals surface area contributed by atoms with Crippen LogP contribution in [0.1, 0.15) is 70.4 Å². The summed E-state index contributed by atoms with van der Waals surface area (Å²) in [6, 6.07) is 13.9. The maximum atomic E-state index is 13.2. The zero-order chi connectivity index (χ0) is 19.1. The molecule has 0 spiro atoms. The minimum absolute atomic E-state index is 0.207. The summed E-state index contributed by atoms with van der Waals surface area (Å²) < 4.78 is 19.2. The molecule has 3 rings (SSSR count). The van der Waals surface area contributed by atoms with E-state index in [0.717, 1.165) is 36.3 Å². The molecule has 0 aromatic heterocycles. The first-order valence-corrected chi connectivity index (χ1v) is 10.5. The fourth-order valence-electron chi connectivity index (χ4n) is 3.87. The van der Waals surface area contributed by atoms with E-state index in [1.54, 1.807) is 0 Å². The summed E-state index contributed by atoms with van der Waals surface area (Å²) in [4.78, 5) is 0. The molecule has 146 valence electrons. The van der Waals surface area contributed by atoms with Gasteiger partial charge in [0.25, 0.3) is 0 Å². The van der Waals surface area contributed by atoms with Crippen LogP contribution < -0.4 is 10.1 Å². The van der Waals surface area contributed by atoms with Crippen LogP contribution in [0.5, 0.6) is 5.75 Å². The molecular formula is C24H32FNO. The van der Waals surface area contributed by atoms with Gasteiger partial charge in [0, 0.05) is 17.6 Å². The van der Waals surface area contributed by atoms with Gasteiger partial charge >= 0.3 is 0 Å². The number of hydrogen-bond acceptors (Lipinski definition) is 2. The third-order valence-corrected chi connectivity index (χ3v) is 5.44. The number of ether oxygens (including phenoxy) is 1. The van der Waals surface area contributed by atoms with Gasteiger partial charge in [-0.25, -0.2) is 4.39 Å². The Morgan fingerprint density at radius 2 is 1.85 bits per heavy atom. The number of unbranched alkanes of at least 4 members (excludes halogenated alkanes) is 3. The molecule has 0 fully saturated rings. The van der Waals surface area contributed by atoms with E-state index in [1.807, 2.05) is 12.1 Å². The van der Waals surface area contributed by atoms with Gasteiger partial charge in [0.2, 0.25) is 0 Å². The molecule has 2 atom stereocenters. The quantitative estimate of drug-likeness (QED) is 0.526. The van der Waals surface area contributed by atoms with Crippen molar-refractivity contribution in [3.05, 3.63) is 53.8 Å². The van der Waals surface area contributed by atoms with E-state index in [1.165, 1.54) is 49.8 Å². The second kappa shape index (κ2) is 9.89. The maximum Gasteiger partial charge on any atom is 0.124 e. The molecule has 2 nitrogen and oxygen atoms in total. The second-order valence-electron chi connectivity index (χ2n) is 7.72. The van der Waals surface area contributed by atoms with Gasteiger partial charge < -0.3 is 10.1 Å². The first-order chi connectivity index (χ1) is 13.2. The fraction of sp³-hybridized carbons (Fsp3) is 0.500. The zero-order valence-corrected chi connectivity index (χ0v) is 16.6. The highest BCUT2D eigenvalue weighted by Crippen LogP contribution is 2.35. The lowest BCUT2D eigenvalue weighted by Gasteiger charge is -2.23. The number of nitrogens with one attached hydrogen (secondary N) is 1. The Kier molecular flexibility index (Phi) is 7.28. The van der Waals surface area contributed by atoms with Gasteiger partial charge in [-0.05, 0) is 55.5 Å². The van der Waals surface area contributed by atoms with Gasteiger partial charge in [-0.3, -0.25) is 0 Å². The molecule has 1 N–H and O–H groups in total. The second-order valence-corrected chi connectivity index (χ2v) is 7.72. The lowest BCUT2D eigenvalue weighted by molar-refractivity contribution is 0.314. The molecule has 2 unspecified atom stereocenters. The Hall–Kier alpha value is -1.87. The molecule has 0 bridgehead atoms. The minimum atomic E-state index is -0.207. The van der Waals surface area contributed by atoms with Crippen LogP contribution in [0.15, 0.2) is 42.5 Å². The molecule has 0 saturated carbocycles. The molecule has 2 aromatic rings. The van der Waals surface area contributed by atoms with Crippen molar-refractivity contribution < 1.29 is 9.13 Å². The van der Waals surface area contributed by atoms with Crippen molar-refractivity contribution in [1.29, 1.82) is 0 Å². The van der Waals surface area contributed by atoms with Crippen molar-refractivity contribution in [1.82, 2.24) is 5.32 Å². The van der Waals surface area contributed by atoms with Crippen LogP contribution in [-0.4, -0.2) is 12.6 Å². The Labute approximate surface area is 163 Å². The summed E-state index contributed by atoms with van der Waals surface area (Å²) in [6.07, 6.45) is 8.61. The monoisotopic (exact) mass is 369 g/mol. The molecule has 1 aliphatic heterocycles. The van der Waals surface area contributed by atoms with Crippen molar-refractivity contribution >= 4 is 0 Å². The number of hydrogen-bond donors (Lipinski definition) is 1. The van der Waals surface area contributed by atoms with Crippen molar-refractivity contribution in [2.75, 3.05) is 6.61 Å². The summed E-state index contributed by atoms with van der Waals surface area (Å²) in [7, 11) is 0. The van der Waals surface area contributed by atoms with E-state index in [2.05, 4.69) is 37.4 Å². The lowest BCUT2D eigenvalue weighted by Crippen LogP contribution is -2.30. The van der Waals surface area contributed by atoms with Gasteiger partial charge in [0.05, 0.1) is 6.61 Å². The summed E-state index contributed by atoms with van der Waals surface area (Å²) in [5.74, 6) is 0.756. The Bertz CT molecular complexity index is 713. The van der Waals surface area contributed by atoms with E-state index in [-0.39, 0.29) is 5.82 Å². The molecule has 0 aliphatic carbocycles. The van der Waals surface area contributed by atoms with Crippen LogP contribution in [0.3, 0.4) is 0 Å². The highest BCUT2D eigenvalue weighted by atomic mass is 19.1. The van der Waals surface area contributed by atoms with Crippen molar-refractivity contribution in [3.8, 4) is 16.9 Å². The van der Waals surface area contributed by atoms with Crippen molar-refractivity contribution in [3.63, 3.8) is 0 Å². The van der Waals surface area contributed by atoms with Gasteiger partial charge in [-0.2, -0.15) is 0 Å². The molecule has 1 aliphatic rings.